The second kappa shape index (κ2) is 6.17. The van der Waals surface area contributed by atoms with Gasteiger partial charge in [0.05, 0.1) is 22.5 Å². The highest BCUT2D eigenvalue weighted by Crippen LogP contribution is 2.23. The maximum atomic E-state index is 12.1. The van der Waals surface area contributed by atoms with E-state index in [9.17, 15) is 24.8 Å². The smallest absolute Gasteiger partial charge is 0.280 e. The third-order valence-corrected chi connectivity index (χ3v) is 3.17. The molecule has 112 valence electrons. The molecule has 0 saturated heterocycles. The maximum Gasteiger partial charge on any atom is 0.280 e. The number of carbonyl (C=O) groups excluding carboxylic acids is 2. The van der Waals surface area contributed by atoms with Crippen molar-refractivity contribution in [1.82, 2.24) is 0 Å². The molecule has 0 heterocycles. The molecule has 6 heteroatoms. The number of phenolic OH excluding ortho intramolecular Hbond substituents is 1. The van der Waals surface area contributed by atoms with Crippen LogP contribution in [0.1, 0.15) is 32.7 Å². The minimum Gasteiger partial charge on any atom is -0.507 e. The quantitative estimate of drug-likeness (QED) is 0.396. The van der Waals surface area contributed by atoms with E-state index in [1.807, 2.05) is 0 Å². The van der Waals surface area contributed by atoms with E-state index in [0.29, 0.717) is 0 Å². The van der Waals surface area contributed by atoms with E-state index in [1.165, 1.54) is 36.4 Å². The van der Waals surface area contributed by atoms with Crippen molar-refractivity contribution in [1.29, 1.82) is 0 Å². The fourth-order valence-corrected chi connectivity index (χ4v) is 2.08. The van der Waals surface area contributed by atoms with Crippen molar-refractivity contribution < 1.29 is 19.6 Å². The van der Waals surface area contributed by atoms with Crippen LogP contribution in [0.2, 0.25) is 0 Å². The topological polar surface area (TPSA) is 97.5 Å². The molecule has 6 nitrogen and oxygen atoms in total. The molecular formula is C16H13NO5. The lowest BCUT2D eigenvalue weighted by molar-refractivity contribution is -0.385. The van der Waals surface area contributed by atoms with Crippen LogP contribution in [0.25, 0.3) is 0 Å². The van der Waals surface area contributed by atoms with E-state index < -0.39 is 22.9 Å². The third-order valence-electron chi connectivity index (χ3n) is 3.17. The van der Waals surface area contributed by atoms with Crippen LogP contribution in [0.5, 0.6) is 5.75 Å². The van der Waals surface area contributed by atoms with Gasteiger partial charge in [0.2, 0.25) is 0 Å². The van der Waals surface area contributed by atoms with Crippen molar-refractivity contribution >= 4 is 17.3 Å². The molecule has 0 aliphatic carbocycles. The van der Waals surface area contributed by atoms with Gasteiger partial charge < -0.3 is 5.11 Å². The SMILES string of the molecule is Cc1ccc(O)c(C(=O)CC(=O)c2ccccc2[N+](=O)[O-])c1. The second-order valence-corrected chi connectivity index (χ2v) is 4.82. The number of hydrogen-bond acceptors (Lipinski definition) is 5. The number of Topliss-reactive ketones (excluding diaryl/α,β-unsaturated/α-hetero) is 2. The van der Waals surface area contributed by atoms with Gasteiger partial charge in [0.15, 0.2) is 11.6 Å². The van der Waals surface area contributed by atoms with Crippen molar-refractivity contribution in [2.75, 3.05) is 0 Å². The number of phenols is 1. The molecule has 0 aliphatic heterocycles. The molecule has 22 heavy (non-hydrogen) atoms. The van der Waals surface area contributed by atoms with E-state index >= 15 is 0 Å². The molecule has 0 atom stereocenters. The Labute approximate surface area is 126 Å². The number of ketones is 2. The number of rotatable bonds is 5. The van der Waals surface area contributed by atoms with Gasteiger partial charge in [0, 0.05) is 6.07 Å². The van der Waals surface area contributed by atoms with Gasteiger partial charge in [-0.05, 0) is 25.1 Å². The summed E-state index contributed by atoms with van der Waals surface area (Å²) in [5, 5.41) is 20.6. The minimum absolute atomic E-state index is 0.0342. The monoisotopic (exact) mass is 299 g/mol. The van der Waals surface area contributed by atoms with Crippen molar-refractivity contribution in [2.45, 2.75) is 13.3 Å². The van der Waals surface area contributed by atoms with E-state index in [0.717, 1.165) is 5.56 Å². The normalized spacial score (nSPS) is 10.2. The van der Waals surface area contributed by atoms with Crippen molar-refractivity contribution in [3.63, 3.8) is 0 Å². The Morgan fingerprint density at radius 3 is 2.41 bits per heavy atom. The van der Waals surface area contributed by atoms with Crippen molar-refractivity contribution in [2.24, 2.45) is 0 Å². The second-order valence-electron chi connectivity index (χ2n) is 4.82. The number of carbonyl (C=O) groups is 2. The summed E-state index contributed by atoms with van der Waals surface area (Å²) < 4.78 is 0. The van der Waals surface area contributed by atoms with Gasteiger partial charge in [-0.2, -0.15) is 0 Å². The summed E-state index contributed by atoms with van der Waals surface area (Å²) in [7, 11) is 0. The number of benzene rings is 2. The fraction of sp³-hybridized carbons (Fsp3) is 0.125. The Bertz CT molecular complexity index is 767. The van der Waals surface area contributed by atoms with Gasteiger partial charge in [0.25, 0.3) is 5.69 Å². The average molecular weight is 299 g/mol. The molecule has 0 spiro atoms. The molecule has 0 aliphatic rings. The molecule has 2 aromatic carbocycles. The zero-order chi connectivity index (χ0) is 16.3. The third kappa shape index (κ3) is 3.17. The summed E-state index contributed by atoms with van der Waals surface area (Å²) in [4.78, 5) is 34.5. The van der Waals surface area contributed by atoms with Gasteiger partial charge in [-0.15, -0.1) is 0 Å². The van der Waals surface area contributed by atoms with Crippen molar-refractivity contribution in [3.8, 4) is 5.75 Å². The fourth-order valence-electron chi connectivity index (χ4n) is 2.08. The van der Waals surface area contributed by atoms with Crippen LogP contribution in [0.3, 0.4) is 0 Å². The average Bonchev–Trinajstić information content (AvgIpc) is 2.49. The van der Waals surface area contributed by atoms with Crippen LogP contribution < -0.4 is 0 Å². The van der Waals surface area contributed by atoms with Gasteiger partial charge in [-0.25, -0.2) is 0 Å². The van der Waals surface area contributed by atoms with Crippen LogP contribution >= 0.6 is 0 Å². The summed E-state index contributed by atoms with van der Waals surface area (Å²) in [6.07, 6.45) is -0.540. The summed E-state index contributed by atoms with van der Waals surface area (Å²) in [6.45, 7) is 1.75. The Kier molecular flexibility index (Phi) is 4.31. The van der Waals surface area contributed by atoms with Gasteiger partial charge in [0.1, 0.15) is 5.75 Å². The van der Waals surface area contributed by atoms with Gasteiger partial charge >= 0.3 is 0 Å². The van der Waals surface area contributed by atoms with Crippen LogP contribution in [0.15, 0.2) is 42.5 Å². The van der Waals surface area contributed by atoms with E-state index in [1.54, 1.807) is 13.0 Å². The molecule has 0 radical (unpaired) electrons. The number of aromatic hydroxyl groups is 1. The maximum absolute atomic E-state index is 12.1. The Morgan fingerprint density at radius 2 is 1.73 bits per heavy atom. The molecule has 0 aromatic heterocycles. The van der Waals surface area contributed by atoms with Crippen molar-refractivity contribution in [3.05, 3.63) is 69.3 Å². The lowest BCUT2D eigenvalue weighted by Crippen LogP contribution is -2.11. The highest BCUT2D eigenvalue weighted by molar-refractivity contribution is 6.15. The van der Waals surface area contributed by atoms with Crippen LogP contribution in [0.4, 0.5) is 5.69 Å². The molecule has 0 amide bonds. The Balaban J connectivity index is 2.28. The lowest BCUT2D eigenvalue weighted by Gasteiger charge is -2.05. The van der Waals surface area contributed by atoms with Crippen LogP contribution in [-0.4, -0.2) is 21.6 Å². The number of nitrogens with zero attached hydrogens (tertiary/aromatic N) is 1. The van der Waals surface area contributed by atoms with E-state index in [-0.39, 0.29) is 22.6 Å². The number of para-hydroxylation sites is 1. The predicted octanol–water partition coefficient (Wildman–Crippen LogP) is 3.06. The molecule has 0 fully saturated rings. The number of aryl methyl sites for hydroxylation is 1. The van der Waals surface area contributed by atoms with Crippen LogP contribution in [-0.2, 0) is 0 Å². The summed E-state index contributed by atoms with van der Waals surface area (Å²) >= 11 is 0. The summed E-state index contributed by atoms with van der Waals surface area (Å²) in [5.41, 5.74) is 0.341. The Hall–Kier alpha value is -3.02. The van der Waals surface area contributed by atoms with E-state index in [4.69, 9.17) is 0 Å². The molecular weight excluding hydrogens is 286 g/mol. The molecule has 0 saturated carbocycles. The molecule has 1 N–H and O–H groups in total. The lowest BCUT2D eigenvalue weighted by atomic mass is 9.99. The highest BCUT2D eigenvalue weighted by Gasteiger charge is 2.23. The first kappa shape index (κ1) is 15.4. The molecule has 0 unspecified atom stereocenters. The minimum atomic E-state index is -0.665. The summed E-state index contributed by atoms with van der Waals surface area (Å²) in [6, 6.07) is 9.95. The number of nitro benzene ring substituents is 1. The predicted molar refractivity (Wildman–Crippen MR) is 79.2 cm³/mol. The molecule has 0 bridgehead atoms. The van der Waals surface area contributed by atoms with Gasteiger partial charge in [-0.3, -0.25) is 19.7 Å². The zero-order valence-electron chi connectivity index (χ0n) is 11.8. The zero-order valence-corrected chi connectivity index (χ0v) is 11.8. The van der Waals surface area contributed by atoms with Crippen LogP contribution in [0, 0.1) is 17.0 Å². The van der Waals surface area contributed by atoms with Gasteiger partial charge in [-0.1, -0.05) is 23.8 Å². The molecule has 2 rings (SSSR count). The largest absolute Gasteiger partial charge is 0.507 e. The standard InChI is InChI=1S/C16H13NO5/c1-10-6-7-14(18)12(8-10)16(20)9-15(19)11-4-2-3-5-13(11)17(21)22/h2-8,18H,9H2,1H3. The molecule has 2 aromatic rings. The first-order chi connectivity index (χ1) is 10.4. The highest BCUT2D eigenvalue weighted by atomic mass is 16.6. The number of nitro groups is 1. The first-order valence-corrected chi connectivity index (χ1v) is 6.49. The first-order valence-electron chi connectivity index (χ1n) is 6.49. The Morgan fingerprint density at radius 1 is 1.09 bits per heavy atom. The number of hydrogen-bond donors (Lipinski definition) is 1. The van der Waals surface area contributed by atoms with E-state index in [2.05, 4.69) is 0 Å². The summed E-state index contributed by atoms with van der Waals surface area (Å²) in [5.74, 6) is -1.45.